The Hall–Kier alpha value is -2.80. The molecule has 0 bridgehead atoms. The van der Waals surface area contributed by atoms with E-state index in [-0.39, 0.29) is 33.8 Å². The van der Waals surface area contributed by atoms with Crippen molar-refractivity contribution in [2.24, 2.45) is 56.7 Å². The number of aliphatic hydroxyl groups excluding tert-OH is 1. The fraction of sp³-hybridized carbons (Fsp3) is 0.700. The number of phenols is 1. The Morgan fingerprint density at radius 2 is 1.70 bits per heavy atom. The summed E-state index contributed by atoms with van der Waals surface area (Å²) in [6.45, 7) is 16.2. The molecule has 47 heavy (non-hydrogen) atoms. The van der Waals surface area contributed by atoms with Crippen LogP contribution in [0.5, 0.6) is 11.5 Å². The van der Waals surface area contributed by atoms with E-state index in [4.69, 9.17) is 9.47 Å². The quantitative estimate of drug-likeness (QED) is 0.168. The van der Waals surface area contributed by atoms with Crippen LogP contribution in [0.3, 0.4) is 0 Å². The van der Waals surface area contributed by atoms with Crippen molar-refractivity contribution < 1.29 is 34.4 Å². The van der Waals surface area contributed by atoms with Crippen LogP contribution in [0.4, 0.5) is 0 Å². The number of rotatable bonds is 5. The number of aliphatic carboxylic acids is 1. The lowest BCUT2D eigenvalue weighted by atomic mass is 9.33. The number of esters is 1. The monoisotopic (exact) mass is 648 g/mol. The van der Waals surface area contributed by atoms with Crippen molar-refractivity contribution in [3.05, 3.63) is 41.5 Å². The van der Waals surface area contributed by atoms with Gasteiger partial charge >= 0.3 is 11.9 Å². The molecular formula is C40H56O7. The van der Waals surface area contributed by atoms with Crippen LogP contribution in [0.25, 0.3) is 6.08 Å². The summed E-state index contributed by atoms with van der Waals surface area (Å²) in [5, 5.41) is 32.4. The zero-order valence-corrected chi connectivity index (χ0v) is 29.6. The number of carboxylic acids is 1. The van der Waals surface area contributed by atoms with Crippen LogP contribution < -0.4 is 4.74 Å². The maximum Gasteiger partial charge on any atom is 0.331 e. The number of aromatic hydroxyl groups is 1. The minimum Gasteiger partial charge on any atom is -0.504 e. The Kier molecular flexibility index (Phi) is 8.26. The highest BCUT2D eigenvalue weighted by Gasteiger charge is 2.70. The van der Waals surface area contributed by atoms with E-state index in [0.29, 0.717) is 35.5 Å². The van der Waals surface area contributed by atoms with Gasteiger partial charge in [0, 0.05) is 11.5 Å². The minimum atomic E-state index is -0.803. The van der Waals surface area contributed by atoms with Crippen molar-refractivity contribution in [2.45, 2.75) is 112 Å². The Morgan fingerprint density at radius 1 is 0.979 bits per heavy atom. The molecule has 0 saturated heterocycles. The third-order valence-electron chi connectivity index (χ3n) is 15.2. The average molecular weight is 649 g/mol. The van der Waals surface area contributed by atoms with E-state index in [9.17, 15) is 24.9 Å². The van der Waals surface area contributed by atoms with Gasteiger partial charge in [-0.2, -0.15) is 0 Å². The van der Waals surface area contributed by atoms with Crippen LogP contribution in [-0.2, 0) is 14.3 Å². The molecule has 4 saturated carbocycles. The summed E-state index contributed by atoms with van der Waals surface area (Å²) in [7, 11) is 1.48. The molecule has 0 spiro atoms. The van der Waals surface area contributed by atoms with E-state index >= 15 is 0 Å². The van der Waals surface area contributed by atoms with E-state index in [1.54, 1.807) is 18.2 Å². The fourth-order valence-corrected chi connectivity index (χ4v) is 12.3. The summed E-state index contributed by atoms with van der Waals surface area (Å²) < 4.78 is 11.3. The highest BCUT2D eigenvalue weighted by Crippen LogP contribution is 2.75. The molecule has 0 amide bonds. The van der Waals surface area contributed by atoms with Gasteiger partial charge in [0.2, 0.25) is 0 Å². The van der Waals surface area contributed by atoms with E-state index < -0.39 is 35.0 Å². The van der Waals surface area contributed by atoms with Gasteiger partial charge in [0.1, 0.15) is 6.10 Å². The number of fused-ring (bicyclic) bond motifs is 7. The van der Waals surface area contributed by atoms with Gasteiger partial charge in [-0.15, -0.1) is 0 Å². The lowest BCUT2D eigenvalue weighted by molar-refractivity contribution is -0.238. The average Bonchev–Trinajstić information content (AvgIpc) is 3.00. The van der Waals surface area contributed by atoms with Gasteiger partial charge in [-0.05, 0) is 121 Å². The number of hydrogen-bond acceptors (Lipinski definition) is 6. The van der Waals surface area contributed by atoms with Crippen LogP contribution in [0.15, 0.2) is 35.9 Å². The zero-order chi connectivity index (χ0) is 34.3. The Balaban J connectivity index is 1.28. The number of carbonyl (C=O) groups excluding carboxylic acids is 1. The highest BCUT2D eigenvalue weighted by molar-refractivity contribution is 5.87. The molecule has 11 atom stereocenters. The Labute approximate surface area is 280 Å². The van der Waals surface area contributed by atoms with E-state index in [1.165, 1.54) is 24.8 Å². The molecule has 6 rings (SSSR count). The van der Waals surface area contributed by atoms with Crippen molar-refractivity contribution in [1.82, 2.24) is 0 Å². The maximum absolute atomic E-state index is 13.1. The van der Waals surface area contributed by atoms with Gasteiger partial charge in [-0.25, -0.2) is 4.79 Å². The molecule has 7 nitrogen and oxygen atoms in total. The molecule has 0 aliphatic heterocycles. The van der Waals surface area contributed by atoms with Crippen LogP contribution in [0, 0.1) is 56.7 Å². The predicted octanol–water partition coefficient (Wildman–Crippen LogP) is 8.04. The number of carboxylic acid groups (broad SMARTS) is 1. The van der Waals surface area contributed by atoms with Crippen LogP contribution in [-0.4, -0.2) is 46.6 Å². The van der Waals surface area contributed by atoms with Gasteiger partial charge in [0.15, 0.2) is 11.5 Å². The number of allylic oxidation sites excluding steroid dienone is 2. The number of aliphatic hydroxyl groups is 1. The largest absolute Gasteiger partial charge is 0.504 e. The first-order chi connectivity index (χ1) is 22.0. The summed E-state index contributed by atoms with van der Waals surface area (Å²) in [6, 6.07) is 4.86. The van der Waals surface area contributed by atoms with E-state index in [2.05, 4.69) is 54.5 Å². The van der Waals surface area contributed by atoms with Crippen LogP contribution >= 0.6 is 0 Å². The van der Waals surface area contributed by atoms with Crippen molar-refractivity contribution in [3.8, 4) is 11.5 Å². The van der Waals surface area contributed by atoms with Gasteiger partial charge in [0.05, 0.1) is 18.6 Å². The standard InChI is InChI=1S/C40H56O7/c1-23-15-18-40(35(44)45)20-19-38(6)26(33(40)24(23)2)11-13-31-37(5)22-28(42)34(36(3,4)30(37)16-17-39(31,38)7)47-32(43)14-10-25-9-12-27(41)29(21-25)46-8/h9-12,14,21,23-24,28,30-31,33-34,41-42H,13,15-20,22H2,1-8H3,(H,44,45)/t23-,24+,28-,30+,31-,33+,34-,37+,38-,39-,40+/m1/s1. The summed E-state index contributed by atoms with van der Waals surface area (Å²) in [5.41, 5.74) is 0.686. The fourth-order valence-electron chi connectivity index (χ4n) is 12.3. The maximum atomic E-state index is 13.1. The van der Waals surface area contributed by atoms with E-state index in [0.717, 1.165) is 44.9 Å². The second-order valence-corrected chi connectivity index (χ2v) is 17.3. The molecule has 4 fully saturated rings. The molecule has 5 aliphatic rings. The molecule has 7 heteroatoms. The highest BCUT2D eigenvalue weighted by atomic mass is 16.6. The third-order valence-corrected chi connectivity index (χ3v) is 15.2. The number of carbonyl (C=O) groups is 2. The first kappa shape index (κ1) is 34.1. The van der Waals surface area contributed by atoms with Crippen molar-refractivity contribution in [1.29, 1.82) is 0 Å². The third kappa shape index (κ3) is 4.83. The molecule has 258 valence electrons. The second-order valence-electron chi connectivity index (χ2n) is 17.3. The second kappa shape index (κ2) is 11.4. The summed E-state index contributed by atoms with van der Waals surface area (Å²) in [6.07, 6.45) is 10.9. The number of benzene rings is 1. The smallest absolute Gasteiger partial charge is 0.331 e. The van der Waals surface area contributed by atoms with Crippen LogP contribution in [0.1, 0.15) is 105 Å². The normalized spacial score (nSPS) is 43.9. The number of ether oxygens (including phenoxy) is 2. The predicted molar refractivity (Wildman–Crippen MR) is 182 cm³/mol. The van der Waals surface area contributed by atoms with Crippen molar-refractivity contribution >= 4 is 18.0 Å². The summed E-state index contributed by atoms with van der Waals surface area (Å²) >= 11 is 0. The molecule has 1 aromatic carbocycles. The first-order valence-electron chi connectivity index (χ1n) is 17.8. The lowest BCUT2D eigenvalue weighted by Gasteiger charge is -2.71. The van der Waals surface area contributed by atoms with Gasteiger partial charge in [-0.1, -0.05) is 66.2 Å². The topological polar surface area (TPSA) is 113 Å². The molecule has 0 unspecified atom stereocenters. The molecular weight excluding hydrogens is 592 g/mol. The molecule has 0 heterocycles. The van der Waals surface area contributed by atoms with Gasteiger partial charge in [-0.3, -0.25) is 4.79 Å². The van der Waals surface area contributed by atoms with Gasteiger partial charge in [0.25, 0.3) is 0 Å². The van der Waals surface area contributed by atoms with Crippen molar-refractivity contribution in [3.63, 3.8) is 0 Å². The summed E-state index contributed by atoms with van der Waals surface area (Å²) in [5.74, 6) is 0.705. The molecule has 5 aliphatic carbocycles. The minimum absolute atomic E-state index is 0.0272. The molecule has 0 radical (unpaired) electrons. The number of hydrogen-bond donors (Lipinski definition) is 3. The SMILES string of the molecule is COc1cc(C=CC(=O)O[C@@H]2[C@H](O)C[C@]3(C)[C@H]4CC=C5[C@@H]6[C@@H](C)[C@H](C)CC[C@]6(C(=O)O)CC[C@@]5(C)[C@]4(C)CC[C@H]3C2(C)C)ccc1O. The molecule has 3 N–H and O–H groups in total. The van der Waals surface area contributed by atoms with Crippen molar-refractivity contribution in [2.75, 3.05) is 7.11 Å². The van der Waals surface area contributed by atoms with Crippen LogP contribution in [0.2, 0.25) is 0 Å². The number of phenolic OH excluding ortho intramolecular Hbond substituents is 1. The Bertz CT molecular complexity index is 1490. The summed E-state index contributed by atoms with van der Waals surface area (Å²) in [4.78, 5) is 26.1. The number of methoxy groups -OCH3 is 1. The zero-order valence-electron chi connectivity index (χ0n) is 29.6. The molecule has 0 aromatic heterocycles. The Morgan fingerprint density at radius 3 is 2.38 bits per heavy atom. The first-order valence-corrected chi connectivity index (χ1v) is 17.8. The van der Waals surface area contributed by atoms with E-state index in [1.807, 2.05) is 0 Å². The molecule has 1 aromatic rings. The van der Waals surface area contributed by atoms with Gasteiger partial charge < -0.3 is 24.8 Å². The lowest BCUT2D eigenvalue weighted by Crippen LogP contribution is -2.67.